The van der Waals surface area contributed by atoms with Crippen LogP contribution in [0.3, 0.4) is 0 Å². The molecular formula is C18H22N2O3. The maximum absolute atomic E-state index is 12.2. The van der Waals surface area contributed by atoms with E-state index in [0.29, 0.717) is 30.7 Å². The Hall–Kier alpha value is -2.11. The number of fused-ring (bicyclic) bond motifs is 1. The van der Waals surface area contributed by atoms with Gasteiger partial charge in [-0.3, -0.25) is 9.69 Å². The lowest BCUT2D eigenvalue weighted by molar-refractivity contribution is 0.0898. The van der Waals surface area contributed by atoms with Crippen LogP contribution in [0.15, 0.2) is 40.8 Å². The van der Waals surface area contributed by atoms with E-state index in [-0.39, 0.29) is 5.91 Å². The standard InChI is InChI=1S/C18H22N2O3/c1-20-11-14-6-4-3-5-13(14)9-15(20)10-19-18(21)17-8-7-16(23-17)12-22-2/h3-8,15H,9-12H2,1-2H3,(H,19,21). The van der Waals surface area contributed by atoms with Crippen LogP contribution in [0.5, 0.6) is 0 Å². The zero-order chi connectivity index (χ0) is 16.2. The predicted octanol–water partition coefficient (Wildman–Crippen LogP) is 2.21. The highest BCUT2D eigenvalue weighted by atomic mass is 16.5. The van der Waals surface area contributed by atoms with Gasteiger partial charge in [-0.15, -0.1) is 0 Å². The van der Waals surface area contributed by atoms with E-state index < -0.39 is 0 Å². The fraction of sp³-hybridized carbons (Fsp3) is 0.389. The maximum atomic E-state index is 12.2. The summed E-state index contributed by atoms with van der Waals surface area (Å²) in [6.07, 6.45) is 0.944. The molecule has 2 aromatic rings. The van der Waals surface area contributed by atoms with Crippen molar-refractivity contribution in [3.8, 4) is 0 Å². The van der Waals surface area contributed by atoms with Crippen molar-refractivity contribution in [3.05, 3.63) is 59.0 Å². The second kappa shape index (κ2) is 6.98. The van der Waals surface area contributed by atoms with Crippen molar-refractivity contribution in [3.63, 3.8) is 0 Å². The van der Waals surface area contributed by atoms with Crippen molar-refractivity contribution < 1.29 is 13.9 Å². The van der Waals surface area contributed by atoms with Crippen LogP contribution in [0.1, 0.15) is 27.4 Å². The Morgan fingerprint density at radius 3 is 2.87 bits per heavy atom. The first kappa shape index (κ1) is 15.8. The number of hydrogen-bond acceptors (Lipinski definition) is 4. The van der Waals surface area contributed by atoms with Gasteiger partial charge in [-0.05, 0) is 36.7 Å². The Morgan fingerprint density at radius 2 is 2.09 bits per heavy atom. The van der Waals surface area contributed by atoms with Gasteiger partial charge < -0.3 is 14.5 Å². The summed E-state index contributed by atoms with van der Waals surface area (Å²) in [6.45, 7) is 1.88. The molecule has 3 rings (SSSR count). The molecule has 1 unspecified atom stereocenters. The highest BCUT2D eigenvalue weighted by Crippen LogP contribution is 2.21. The third-order valence-corrected chi connectivity index (χ3v) is 4.29. The fourth-order valence-corrected chi connectivity index (χ4v) is 2.96. The number of carbonyl (C=O) groups excluding carboxylic acids is 1. The summed E-state index contributed by atoms with van der Waals surface area (Å²) in [6, 6.07) is 12.2. The zero-order valence-electron chi connectivity index (χ0n) is 13.5. The SMILES string of the molecule is COCc1ccc(C(=O)NCC2Cc3ccccc3CN2C)o1. The van der Waals surface area contributed by atoms with Gasteiger partial charge in [-0.1, -0.05) is 24.3 Å². The number of hydrogen-bond donors (Lipinski definition) is 1. The fourth-order valence-electron chi connectivity index (χ4n) is 2.96. The molecule has 0 radical (unpaired) electrons. The second-order valence-corrected chi connectivity index (χ2v) is 5.95. The molecule has 0 saturated carbocycles. The normalized spacial score (nSPS) is 17.7. The number of nitrogens with one attached hydrogen (secondary N) is 1. The number of methoxy groups -OCH3 is 1. The van der Waals surface area contributed by atoms with Gasteiger partial charge in [0.2, 0.25) is 0 Å². The Bertz CT molecular complexity index is 680. The maximum Gasteiger partial charge on any atom is 0.287 e. The summed E-state index contributed by atoms with van der Waals surface area (Å²) in [7, 11) is 3.69. The lowest BCUT2D eigenvalue weighted by Gasteiger charge is -2.34. The first-order valence-electron chi connectivity index (χ1n) is 7.80. The molecule has 23 heavy (non-hydrogen) atoms. The predicted molar refractivity (Wildman–Crippen MR) is 87.2 cm³/mol. The Labute approximate surface area is 136 Å². The summed E-state index contributed by atoms with van der Waals surface area (Å²) >= 11 is 0. The van der Waals surface area contributed by atoms with Gasteiger partial charge in [-0.25, -0.2) is 0 Å². The van der Waals surface area contributed by atoms with Gasteiger partial charge in [0, 0.05) is 26.2 Å². The van der Waals surface area contributed by atoms with Gasteiger partial charge >= 0.3 is 0 Å². The van der Waals surface area contributed by atoms with Gasteiger partial charge in [0.05, 0.1) is 0 Å². The number of nitrogens with zero attached hydrogens (tertiary/aromatic N) is 1. The molecule has 1 aliphatic heterocycles. The molecule has 1 aliphatic rings. The molecule has 122 valence electrons. The van der Waals surface area contributed by atoms with Crippen molar-refractivity contribution >= 4 is 5.91 Å². The van der Waals surface area contributed by atoms with E-state index in [1.165, 1.54) is 11.1 Å². The van der Waals surface area contributed by atoms with Crippen molar-refractivity contribution in [2.24, 2.45) is 0 Å². The topological polar surface area (TPSA) is 54.7 Å². The Balaban J connectivity index is 1.58. The minimum Gasteiger partial charge on any atom is -0.453 e. The Kier molecular flexibility index (Phi) is 4.79. The monoisotopic (exact) mass is 314 g/mol. The largest absolute Gasteiger partial charge is 0.453 e. The molecule has 5 heteroatoms. The van der Waals surface area contributed by atoms with E-state index in [1.807, 2.05) is 0 Å². The molecule has 1 aromatic carbocycles. The van der Waals surface area contributed by atoms with Crippen molar-refractivity contribution in [2.75, 3.05) is 20.7 Å². The number of furan rings is 1. The molecule has 1 amide bonds. The van der Waals surface area contributed by atoms with Gasteiger partial charge in [0.1, 0.15) is 12.4 Å². The molecule has 1 N–H and O–H groups in total. The average Bonchev–Trinajstić information content (AvgIpc) is 3.01. The van der Waals surface area contributed by atoms with E-state index in [2.05, 4.69) is 41.5 Å². The minimum atomic E-state index is -0.181. The van der Waals surface area contributed by atoms with Gasteiger partial charge in [0.15, 0.2) is 5.76 Å². The first-order valence-corrected chi connectivity index (χ1v) is 7.80. The van der Waals surface area contributed by atoms with E-state index in [4.69, 9.17) is 9.15 Å². The van der Waals surface area contributed by atoms with E-state index >= 15 is 0 Å². The summed E-state index contributed by atoms with van der Waals surface area (Å²) in [5.41, 5.74) is 2.73. The van der Waals surface area contributed by atoms with Crippen LogP contribution in [0, 0.1) is 0 Å². The zero-order valence-corrected chi connectivity index (χ0v) is 13.5. The molecule has 0 aliphatic carbocycles. The first-order chi connectivity index (χ1) is 11.2. The third-order valence-electron chi connectivity index (χ3n) is 4.29. The number of likely N-dealkylation sites (N-methyl/N-ethyl adjacent to an activating group) is 1. The highest BCUT2D eigenvalue weighted by Gasteiger charge is 2.23. The molecule has 1 atom stereocenters. The lowest BCUT2D eigenvalue weighted by atomic mass is 9.94. The minimum absolute atomic E-state index is 0.181. The molecule has 1 aromatic heterocycles. The number of benzene rings is 1. The summed E-state index contributed by atoms with van der Waals surface area (Å²) in [5, 5.41) is 2.97. The average molecular weight is 314 g/mol. The van der Waals surface area contributed by atoms with Crippen molar-refractivity contribution in [1.82, 2.24) is 10.2 Å². The van der Waals surface area contributed by atoms with Crippen molar-refractivity contribution in [2.45, 2.75) is 25.6 Å². The van der Waals surface area contributed by atoms with Crippen LogP contribution in [0.2, 0.25) is 0 Å². The molecule has 5 nitrogen and oxygen atoms in total. The van der Waals surface area contributed by atoms with E-state index in [9.17, 15) is 4.79 Å². The molecule has 0 fully saturated rings. The van der Waals surface area contributed by atoms with Crippen LogP contribution in [-0.4, -0.2) is 37.6 Å². The lowest BCUT2D eigenvalue weighted by Crippen LogP contribution is -2.45. The van der Waals surface area contributed by atoms with Crippen LogP contribution in [0.25, 0.3) is 0 Å². The van der Waals surface area contributed by atoms with Crippen LogP contribution in [-0.2, 0) is 24.3 Å². The molecular weight excluding hydrogens is 292 g/mol. The molecule has 0 saturated heterocycles. The van der Waals surface area contributed by atoms with Crippen LogP contribution >= 0.6 is 0 Å². The summed E-state index contributed by atoms with van der Waals surface area (Å²) in [4.78, 5) is 14.5. The van der Waals surface area contributed by atoms with Crippen LogP contribution < -0.4 is 5.32 Å². The Morgan fingerprint density at radius 1 is 1.30 bits per heavy atom. The van der Waals surface area contributed by atoms with Gasteiger partial charge in [0.25, 0.3) is 5.91 Å². The van der Waals surface area contributed by atoms with E-state index in [1.54, 1.807) is 19.2 Å². The van der Waals surface area contributed by atoms with Gasteiger partial charge in [-0.2, -0.15) is 0 Å². The smallest absolute Gasteiger partial charge is 0.287 e. The molecule has 2 heterocycles. The number of rotatable bonds is 5. The van der Waals surface area contributed by atoms with Crippen LogP contribution in [0.4, 0.5) is 0 Å². The quantitative estimate of drug-likeness (QED) is 0.919. The van der Waals surface area contributed by atoms with Crippen molar-refractivity contribution in [1.29, 1.82) is 0 Å². The number of carbonyl (C=O) groups is 1. The number of ether oxygens (including phenoxy) is 1. The van der Waals surface area contributed by atoms with E-state index in [0.717, 1.165) is 13.0 Å². The molecule has 0 spiro atoms. The summed E-state index contributed by atoms with van der Waals surface area (Å²) in [5.74, 6) is 0.803. The highest BCUT2D eigenvalue weighted by molar-refractivity contribution is 5.91. The number of amides is 1. The third kappa shape index (κ3) is 3.63. The second-order valence-electron chi connectivity index (χ2n) is 5.95. The summed E-state index contributed by atoms with van der Waals surface area (Å²) < 4.78 is 10.4. The molecule has 0 bridgehead atoms.